The number of halogens is 3. The Bertz CT molecular complexity index is 927. The maximum atomic E-state index is 13.7. The van der Waals surface area contributed by atoms with Gasteiger partial charge in [-0.15, -0.1) is 0 Å². The van der Waals surface area contributed by atoms with E-state index in [4.69, 9.17) is 9.47 Å². The number of alkyl halides is 3. The highest BCUT2D eigenvalue weighted by molar-refractivity contribution is 5.95. The maximum Gasteiger partial charge on any atom is 0.418 e. The number of ether oxygens (including phenoxy) is 2. The van der Waals surface area contributed by atoms with Gasteiger partial charge in [-0.05, 0) is 37.4 Å². The number of piperazine rings is 1. The summed E-state index contributed by atoms with van der Waals surface area (Å²) in [5.41, 5.74) is -0.697. The fourth-order valence-electron chi connectivity index (χ4n) is 3.50. The summed E-state index contributed by atoms with van der Waals surface area (Å²) in [6.45, 7) is 2.77. The highest BCUT2D eigenvalue weighted by atomic mass is 19.4. The summed E-state index contributed by atoms with van der Waals surface area (Å²) >= 11 is 0. The number of para-hydroxylation sites is 2. The number of carbonyl (C=O) groups is 1. The standard InChI is InChI=1S/C21H22F3N3O3/c1-26-8-10-27(11-9-26)14-6-7-16(15(12-14)21(22,23)24)25-20(28)19-13-29-17-4-2-3-5-18(17)30-19/h2-7,12,19H,8-11,13H2,1H3,(H,25,28). The van der Waals surface area contributed by atoms with Crippen molar-refractivity contribution in [3.63, 3.8) is 0 Å². The third-order valence-electron chi connectivity index (χ3n) is 5.24. The molecule has 6 nitrogen and oxygen atoms in total. The van der Waals surface area contributed by atoms with E-state index < -0.39 is 23.8 Å². The third-order valence-corrected chi connectivity index (χ3v) is 5.24. The average Bonchev–Trinajstić information content (AvgIpc) is 2.73. The van der Waals surface area contributed by atoms with Crippen LogP contribution >= 0.6 is 0 Å². The van der Waals surface area contributed by atoms with E-state index in [1.54, 1.807) is 30.3 Å². The van der Waals surface area contributed by atoms with Gasteiger partial charge < -0.3 is 24.6 Å². The molecule has 1 atom stereocenters. The van der Waals surface area contributed by atoms with E-state index in [2.05, 4.69) is 10.2 Å². The second-order valence-electron chi connectivity index (χ2n) is 7.37. The quantitative estimate of drug-likeness (QED) is 0.825. The number of amides is 1. The van der Waals surface area contributed by atoms with Crippen molar-refractivity contribution in [2.45, 2.75) is 12.3 Å². The van der Waals surface area contributed by atoms with Gasteiger partial charge in [-0.25, -0.2) is 0 Å². The minimum Gasteiger partial charge on any atom is -0.485 e. The van der Waals surface area contributed by atoms with Crippen LogP contribution in [0.4, 0.5) is 24.5 Å². The molecule has 2 aliphatic rings. The van der Waals surface area contributed by atoms with E-state index >= 15 is 0 Å². The number of anilines is 2. The van der Waals surface area contributed by atoms with Crippen molar-refractivity contribution in [2.75, 3.05) is 50.1 Å². The number of nitrogens with zero attached hydrogens (tertiary/aromatic N) is 2. The molecule has 9 heteroatoms. The van der Waals surface area contributed by atoms with Gasteiger partial charge in [-0.1, -0.05) is 12.1 Å². The van der Waals surface area contributed by atoms with E-state index in [9.17, 15) is 18.0 Å². The van der Waals surface area contributed by atoms with Gasteiger partial charge in [0.2, 0.25) is 6.10 Å². The first kappa shape index (κ1) is 20.3. The Morgan fingerprint density at radius 3 is 2.47 bits per heavy atom. The van der Waals surface area contributed by atoms with Crippen molar-refractivity contribution in [1.82, 2.24) is 4.90 Å². The lowest BCUT2D eigenvalue weighted by atomic mass is 10.1. The van der Waals surface area contributed by atoms with Gasteiger partial charge in [-0.2, -0.15) is 13.2 Å². The lowest BCUT2D eigenvalue weighted by molar-refractivity contribution is -0.137. The normalized spacial score (nSPS) is 19.5. The predicted molar refractivity (Wildman–Crippen MR) is 106 cm³/mol. The molecule has 0 bridgehead atoms. The Hall–Kier alpha value is -2.94. The highest BCUT2D eigenvalue weighted by Crippen LogP contribution is 2.38. The smallest absolute Gasteiger partial charge is 0.418 e. The van der Waals surface area contributed by atoms with Crippen LogP contribution in [-0.4, -0.2) is 56.7 Å². The van der Waals surface area contributed by atoms with Crippen molar-refractivity contribution in [3.05, 3.63) is 48.0 Å². The third kappa shape index (κ3) is 4.30. The molecule has 0 spiro atoms. The Morgan fingerprint density at radius 1 is 1.07 bits per heavy atom. The van der Waals surface area contributed by atoms with E-state index in [0.29, 0.717) is 30.3 Å². The lowest BCUT2D eigenvalue weighted by Gasteiger charge is -2.34. The van der Waals surface area contributed by atoms with Crippen molar-refractivity contribution in [3.8, 4) is 11.5 Å². The van der Waals surface area contributed by atoms with Crippen LogP contribution in [0.1, 0.15) is 5.56 Å². The van der Waals surface area contributed by atoms with Crippen molar-refractivity contribution in [1.29, 1.82) is 0 Å². The fraction of sp³-hybridized carbons (Fsp3) is 0.381. The Balaban J connectivity index is 1.52. The minimum atomic E-state index is -4.61. The zero-order chi connectivity index (χ0) is 21.3. The lowest BCUT2D eigenvalue weighted by Crippen LogP contribution is -2.44. The topological polar surface area (TPSA) is 54.0 Å². The number of likely N-dealkylation sites (N-methyl/N-ethyl adjacent to an activating group) is 1. The van der Waals surface area contributed by atoms with E-state index in [-0.39, 0.29) is 12.3 Å². The second-order valence-corrected chi connectivity index (χ2v) is 7.37. The molecule has 0 aromatic heterocycles. The van der Waals surface area contributed by atoms with Crippen LogP contribution in [0.25, 0.3) is 0 Å². The number of nitrogens with one attached hydrogen (secondary N) is 1. The van der Waals surface area contributed by atoms with Crippen LogP contribution in [0, 0.1) is 0 Å². The molecule has 2 aromatic carbocycles. The Kier molecular flexibility index (Phi) is 5.46. The van der Waals surface area contributed by atoms with Crippen LogP contribution in [0.5, 0.6) is 11.5 Å². The Morgan fingerprint density at radius 2 is 1.77 bits per heavy atom. The summed E-state index contributed by atoms with van der Waals surface area (Å²) in [5, 5.41) is 2.36. The minimum absolute atomic E-state index is 0.0798. The monoisotopic (exact) mass is 421 g/mol. The zero-order valence-corrected chi connectivity index (χ0v) is 16.4. The van der Waals surface area contributed by atoms with Crippen LogP contribution in [0.15, 0.2) is 42.5 Å². The SMILES string of the molecule is CN1CCN(c2ccc(NC(=O)C3COc4ccccc4O3)c(C(F)(F)F)c2)CC1. The van der Waals surface area contributed by atoms with Gasteiger partial charge in [-0.3, -0.25) is 4.79 Å². The molecule has 160 valence electrons. The molecule has 0 radical (unpaired) electrons. The molecule has 2 aromatic rings. The first-order valence-corrected chi connectivity index (χ1v) is 9.65. The zero-order valence-electron chi connectivity index (χ0n) is 16.4. The molecule has 2 aliphatic heterocycles. The molecule has 2 heterocycles. The number of hydrogen-bond acceptors (Lipinski definition) is 5. The number of fused-ring (bicyclic) bond motifs is 1. The summed E-state index contributed by atoms with van der Waals surface area (Å²) in [4.78, 5) is 16.6. The molecule has 1 saturated heterocycles. The molecule has 30 heavy (non-hydrogen) atoms. The number of hydrogen-bond donors (Lipinski definition) is 1. The average molecular weight is 421 g/mol. The fourth-order valence-corrected chi connectivity index (χ4v) is 3.50. The molecule has 1 N–H and O–H groups in total. The number of rotatable bonds is 3. The van der Waals surface area contributed by atoms with E-state index in [0.717, 1.165) is 19.2 Å². The van der Waals surface area contributed by atoms with Gasteiger partial charge in [0.25, 0.3) is 5.91 Å². The van der Waals surface area contributed by atoms with E-state index in [1.807, 2.05) is 11.9 Å². The second kappa shape index (κ2) is 8.06. The summed E-state index contributed by atoms with van der Waals surface area (Å²) in [7, 11) is 1.98. The summed E-state index contributed by atoms with van der Waals surface area (Å²) in [5.74, 6) is 0.182. The molecule has 0 aliphatic carbocycles. The highest BCUT2D eigenvalue weighted by Gasteiger charge is 2.36. The number of benzene rings is 2. The van der Waals surface area contributed by atoms with Crippen LogP contribution in [0.3, 0.4) is 0 Å². The van der Waals surface area contributed by atoms with Gasteiger partial charge >= 0.3 is 6.18 Å². The molecule has 1 amide bonds. The summed E-state index contributed by atoms with van der Waals surface area (Å²) in [6, 6.07) is 10.8. The first-order chi connectivity index (χ1) is 14.3. The Labute approximate surface area is 172 Å². The summed E-state index contributed by atoms with van der Waals surface area (Å²) < 4.78 is 52.2. The first-order valence-electron chi connectivity index (χ1n) is 9.65. The predicted octanol–water partition coefficient (Wildman–Crippen LogP) is 3.24. The maximum absolute atomic E-state index is 13.7. The molecule has 1 fully saturated rings. The molecular formula is C21H22F3N3O3. The molecular weight excluding hydrogens is 399 g/mol. The molecule has 0 saturated carbocycles. The number of carbonyl (C=O) groups excluding carboxylic acids is 1. The van der Waals surface area contributed by atoms with Gasteiger partial charge in [0.05, 0.1) is 11.3 Å². The van der Waals surface area contributed by atoms with Crippen LogP contribution in [-0.2, 0) is 11.0 Å². The molecule has 1 unspecified atom stereocenters. The summed E-state index contributed by atoms with van der Waals surface area (Å²) in [6.07, 6.45) is -5.65. The van der Waals surface area contributed by atoms with Crippen molar-refractivity contribution < 1.29 is 27.4 Å². The van der Waals surface area contributed by atoms with Crippen molar-refractivity contribution in [2.24, 2.45) is 0 Å². The van der Waals surface area contributed by atoms with E-state index in [1.165, 1.54) is 6.07 Å². The van der Waals surface area contributed by atoms with Gasteiger partial charge in [0.1, 0.15) is 6.61 Å². The van der Waals surface area contributed by atoms with Gasteiger partial charge in [0, 0.05) is 31.9 Å². The van der Waals surface area contributed by atoms with Crippen LogP contribution < -0.4 is 19.7 Å². The van der Waals surface area contributed by atoms with Crippen LogP contribution in [0.2, 0.25) is 0 Å². The largest absolute Gasteiger partial charge is 0.485 e. The molecule has 4 rings (SSSR count). The van der Waals surface area contributed by atoms with Gasteiger partial charge in [0.15, 0.2) is 11.5 Å². The van der Waals surface area contributed by atoms with Crippen molar-refractivity contribution >= 4 is 17.3 Å².